The zero-order valence-electron chi connectivity index (χ0n) is 14.2. The van der Waals surface area contributed by atoms with Crippen LogP contribution in [0.5, 0.6) is 5.75 Å². The summed E-state index contributed by atoms with van der Waals surface area (Å²) in [7, 11) is 0. The van der Waals surface area contributed by atoms with Crippen LogP contribution in [0.2, 0.25) is 0 Å². The van der Waals surface area contributed by atoms with Crippen LogP contribution in [-0.4, -0.2) is 18.9 Å². The first-order valence-corrected chi connectivity index (χ1v) is 7.89. The minimum absolute atomic E-state index is 0.000771. The molecule has 3 heteroatoms. The fourth-order valence-electron chi connectivity index (χ4n) is 2.81. The Labute approximate surface area is 138 Å². The second-order valence-corrected chi connectivity index (χ2v) is 6.48. The molecule has 0 radical (unpaired) electrons. The third-order valence-electron chi connectivity index (χ3n) is 4.28. The molecule has 0 aliphatic carbocycles. The van der Waals surface area contributed by atoms with Crippen molar-refractivity contribution in [2.45, 2.75) is 32.6 Å². The number of carbonyl (C=O) groups excluding carboxylic acids is 1. The van der Waals surface area contributed by atoms with E-state index in [1.54, 1.807) is 19.1 Å². The van der Waals surface area contributed by atoms with Gasteiger partial charge in [0.05, 0.1) is 5.56 Å². The molecule has 1 aliphatic rings. The van der Waals surface area contributed by atoms with Crippen molar-refractivity contribution in [3.05, 3.63) is 60.2 Å². The van der Waals surface area contributed by atoms with Gasteiger partial charge >= 0.3 is 0 Å². The number of rotatable bonds is 6. The minimum atomic E-state index is 0.000771. The summed E-state index contributed by atoms with van der Waals surface area (Å²) in [6.45, 7) is 14.7. The molecule has 0 saturated heterocycles. The third-order valence-corrected chi connectivity index (χ3v) is 4.28. The molecule has 0 unspecified atom stereocenters. The molecular weight excluding hydrogens is 286 g/mol. The van der Waals surface area contributed by atoms with Gasteiger partial charge in [-0.05, 0) is 42.0 Å². The van der Waals surface area contributed by atoms with Crippen molar-refractivity contribution in [3.63, 3.8) is 0 Å². The SMILES string of the molecule is C=C/C=C(\C=C)COc1cc2c(cc1C(C)=O)NCCC2(C)C. The molecule has 0 fully saturated rings. The molecule has 0 saturated carbocycles. The molecule has 122 valence electrons. The standard InChI is InChI=1S/C20H25NO2/c1-6-8-15(7-2)13-23-19-12-17-18(11-16(19)14(3)22)21-10-9-20(17,4)5/h6-8,11-12,21H,1-2,9-10,13H2,3-5H3/b15-8+. The summed E-state index contributed by atoms with van der Waals surface area (Å²) in [6.07, 6.45) is 6.34. The molecule has 0 amide bonds. The van der Waals surface area contributed by atoms with Gasteiger partial charge < -0.3 is 10.1 Å². The van der Waals surface area contributed by atoms with Gasteiger partial charge in [-0.2, -0.15) is 0 Å². The van der Waals surface area contributed by atoms with E-state index in [4.69, 9.17) is 4.74 Å². The van der Waals surface area contributed by atoms with Crippen LogP contribution in [0.15, 0.2) is 49.1 Å². The van der Waals surface area contributed by atoms with Crippen LogP contribution >= 0.6 is 0 Å². The number of anilines is 1. The van der Waals surface area contributed by atoms with E-state index in [1.165, 1.54) is 5.56 Å². The summed E-state index contributed by atoms with van der Waals surface area (Å²) in [4.78, 5) is 12.0. The maximum atomic E-state index is 12.0. The maximum absolute atomic E-state index is 12.0. The molecule has 0 aromatic heterocycles. The third kappa shape index (κ3) is 3.73. The van der Waals surface area contributed by atoms with E-state index >= 15 is 0 Å². The number of ketones is 1. The maximum Gasteiger partial charge on any atom is 0.163 e. The lowest BCUT2D eigenvalue weighted by atomic mass is 9.77. The summed E-state index contributed by atoms with van der Waals surface area (Å²) >= 11 is 0. The highest BCUT2D eigenvalue weighted by molar-refractivity contribution is 5.98. The monoisotopic (exact) mass is 311 g/mol. The number of benzene rings is 1. The van der Waals surface area contributed by atoms with E-state index in [1.807, 2.05) is 18.2 Å². The highest BCUT2D eigenvalue weighted by atomic mass is 16.5. The predicted molar refractivity (Wildman–Crippen MR) is 96.6 cm³/mol. The van der Waals surface area contributed by atoms with Crippen molar-refractivity contribution in [2.24, 2.45) is 0 Å². The summed E-state index contributed by atoms with van der Waals surface area (Å²) in [5.74, 6) is 0.630. The van der Waals surface area contributed by atoms with Crippen LogP contribution in [0, 0.1) is 0 Å². The van der Waals surface area contributed by atoms with E-state index in [9.17, 15) is 4.79 Å². The Balaban J connectivity index is 2.41. The van der Waals surface area contributed by atoms with Crippen molar-refractivity contribution in [1.82, 2.24) is 0 Å². The first kappa shape index (κ1) is 17.1. The van der Waals surface area contributed by atoms with Gasteiger partial charge in [0.25, 0.3) is 0 Å². The fraction of sp³-hybridized carbons (Fsp3) is 0.350. The van der Waals surface area contributed by atoms with Crippen molar-refractivity contribution < 1.29 is 9.53 Å². The summed E-state index contributed by atoms with van der Waals surface area (Å²) in [5, 5.41) is 3.39. The number of fused-ring (bicyclic) bond motifs is 1. The van der Waals surface area contributed by atoms with Crippen molar-refractivity contribution >= 4 is 11.5 Å². The number of nitrogens with one attached hydrogen (secondary N) is 1. The van der Waals surface area contributed by atoms with Gasteiger partial charge in [-0.25, -0.2) is 0 Å². The smallest absolute Gasteiger partial charge is 0.163 e. The van der Waals surface area contributed by atoms with Gasteiger partial charge in [0.2, 0.25) is 0 Å². The largest absolute Gasteiger partial charge is 0.488 e. The summed E-state index contributed by atoms with van der Waals surface area (Å²) < 4.78 is 5.93. The Kier molecular flexibility index (Phi) is 5.09. The molecule has 0 spiro atoms. The van der Waals surface area contributed by atoms with Crippen LogP contribution < -0.4 is 10.1 Å². The zero-order valence-corrected chi connectivity index (χ0v) is 14.2. The zero-order chi connectivity index (χ0) is 17.0. The first-order chi connectivity index (χ1) is 10.9. The highest BCUT2D eigenvalue weighted by Crippen LogP contribution is 2.40. The molecule has 0 bridgehead atoms. The highest BCUT2D eigenvalue weighted by Gasteiger charge is 2.29. The topological polar surface area (TPSA) is 38.3 Å². The Morgan fingerprint density at radius 3 is 2.74 bits per heavy atom. The van der Waals surface area contributed by atoms with E-state index < -0.39 is 0 Å². The van der Waals surface area contributed by atoms with Crippen molar-refractivity contribution in [3.8, 4) is 5.75 Å². The van der Waals surface area contributed by atoms with Gasteiger partial charge in [-0.3, -0.25) is 4.79 Å². The molecule has 3 nitrogen and oxygen atoms in total. The number of ether oxygens (including phenoxy) is 1. The number of hydrogen-bond acceptors (Lipinski definition) is 3. The Bertz CT molecular complexity index is 668. The molecule has 1 heterocycles. The number of carbonyl (C=O) groups is 1. The molecule has 0 atom stereocenters. The van der Waals surface area contributed by atoms with Gasteiger partial charge in [-0.15, -0.1) is 0 Å². The number of Topliss-reactive ketones (excluding diaryl/α,β-unsaturated/α-hetero) is 1. The molecule has 1 N–H and O–H groups in total. The van der Waals surface area contributed by atoms with Gasteiger partial charge in [0, 0.05) is 12.2 Å². The van der Waals surface area contributed by atoms with Crippen LogP contribution in [-0.2, 0) is 5.41 Å². The number of allylic oxidation sites excluding steroid dienone is 2. The molecule has 23 heavy (non-hydrogen) atoms. The van der Waals surface area contributed by atoms with Crippen molar-refractivity contribution in [2.75, 3.05) is 18.5 Å². The Hall–Kier alpha value is -2.29. The predicted octanol–water partition coefficient (Wildman–Crippen LogP) is 4.66. The van der Waals surface area contributed by atoms with Crippen LogP contribution in [0.25, 0.3) is 0 Å². The van der Waals surface area contributed by atoms with Gasteiger partial charge in [-0.1, -0.05) is 45.2 Å². The summed E-state index contributed by atoms with van der Waals surface area (Å²) in [6, 6.07) is 3.92. The lowest BCUT2D eigenvalue weighted by Gasteiger charge is -2.34. The molecule has 1 aliphatic heterocycles. The van der Waals surface area contributed by atoms with E-state index in [2.05, 4.69) is 32.3 Å². The fourth-order valence-corrected chi connectivity index (χ4v) is 2.81. The van der Waals surface area contributed by atoms with Gasteiger partial charge in [0.15, 0.2) is 5.78 Å². The average Bonchev–Trinajstić information content (AvgIpc) is 2.50. The van der Waals surface area contributed by atoms with Crippen LogP contribution in [0.3, 0.4) is 0 Å². The Morgan fingerprint density at radius 2 is 2.13 bits per heavy atom. The second kappa shape index (κ2) is 6.86. The van der Waals surface area contributed by atoms with Crippen LogP contribution in [0.4, 0.5) is 5.69 Å². The summed E-state index contributed by atoms with van der Waals surface area (Å²) in [5.41, 5.74) is 3.81. The van der Waals surface area contributed by atoms with Crippen molar-refractivity contribution in [1.29, 1.82) is 0 Å². The Morgan fingerprint density at radius 1 is 1.39 bits per heavy atom. The van der Waals surface area contributed by atoms with Crippen LogP contribution in [0.1, 0.15) is 43.1 Å². The van der Waals surface area contributed by atoms with E-state index in [0.29, 0.717) is 17.9 Å². The van der Waals surface area contributed by atoms with E-state index in [-0.39, 0.29) is 11.2 Å². The lowest BCUT2D eigenvalue weighted by molar-refractivity contribution is 0.101. The average molecular weight is 311 g/mol. The quantitative estimate of drug-likeness (QED) is 0.613. The lowest BCUT2D eigenvalue weighted by Crippen LogP contribution is -2.28. The minimum Gasteiger partial charge on any atom is -0.488 e. The van der Waals surface area contributed by atoms with Gasteiger partial charge in [0.1, 0.15) is 12.4 Å². The molecule has 1 aromatic carbocycles. The molecular formula is C20H25NO2. The molecule has 2 rings (SSSR count). The van der Waals surface area contributed by atoms with E-state index in [0.717, 1.165) is 24.2 Å². The number of hydrogen-bond donors (Lipinski definition) is 1. The normalized spacial score (nSPS) is 16.0. The first-order valence-electron chi connectivity index (χ1n) is 7.89. The second-order valence-electron chi connectivity index (χ2n) is 6.48. The molecule has 1 aromatic rings.